The third-order valence-corrected chi connectivity index (χ3v) is 6.39. The van der Waals surface area contributed by atoms with Crippen molar-refractivity contribution >= 4 is 11.3 Å². The minimum absolute atomic E-state index is 0.194. The van der Waals surface area contributed by atoms with Gasteiger partial charge in [0.05, 0.1) is 6.04 Å². The van der Waals surface area contributed by atoms with Gasteiger partial charge in [-0.05, 0) is 41.3 Å². The number of piperazine rings is 1. The topological polar surface area (TPSA) is 50.1 Å². The van der Waals surface area contributed by atoms with Crippen LogP contribution in [-0.4, -0.2) is 62.7 Å². The number of hydrogen-bond donors (Lipinski definition) is 0. The van der Waals surface area contributed by atoms with E-state index in [4.69, 9.17) is 0 Å². The van der Waals surface area contributed by atoms with Crippen molar-refractivity contribution in [2.45, 2.75) is 44.7 Å². The molecule has 1 saturated heterocycles. The molecule has 2 aromatic heterocycles. The predicted molar refractivity (Wildman–Crippen MR) is 95.2 cm³/mol. The zero-order chi connectivity index (χ0) is 16.4. The molecule has 0 aromatic carbocycles. The van der Waals surface area contributed by atoms with Crippen LogP contribution in [-0.2, 0) is 0 Å². The molecule has 0 radical (unpaired) electrons. The van der Waals surface area contributed by atoms with Gasteiger partial charge in [0.2, 0.25) is 0 Å². The average Bonchev–Trinajstić information content (AvgIpc) is 3.38. The van der Waals surface area contributed by atoms with Gasteiger partial charge >= 0.3 is 0 Å². The number of tetrazole rings is 1. The summed E-state index contributed by atoms with van der Waals surface area (Å²) in [7, 11) is 0. The highest BCUT2D eigenvalue weighted by Gasteiger charge is 2.33. The molecule has 0 bridgehead atoms. The number of likely N-dealkylation sites (N-methyl/N-ethyl adjacent to an activating group) is 1. The summed E-state index contributed by atoms with van der Waals surface area (Å²) in [5, 5.41) is 15.1. The van der Waals surface area contributed by atoms with E-state index >= 15 is 0 Å². The summed E-state index contributed by atoms with van der Waals surface area (Å²) in [4.78, 5) is 6.44. The number of aromatic nitrogens is 4. The maximum absolute atomic E-state index is 4.48. The summed E-state index contributed by atoms with van der Waals surface area (Å²) in [5.41, 5.74) is 0. The Morgan fingerprint density at radius 3 is 2.67 bits per heavy atom. The molecule has 4 rings (SSSR count). The van der Waals surface area contributed by atoms with Crippen molar-refractivity contribution in [1.82, 2.24) is 30.0 Å². The second-order valence-electron chi connectivity index (χ2n) is 6.81. The highest BCUT2D eigenvalue weighted by atomic mass is 32.1. The monoisotopic (exact) mass is 346 g/mol. The largest absolute Gasteiger partial charge is 0.301 e. The summed E-state index contributed by atoms with van der Waals surface area (Å²) in [6.07, 6.45) is 5.00. The van der Waals surface area contributed by atoms with Crippen LogP contribution in [0.25, 0.3) is 0 Å². The summed E-state index contributed by atoms with van der Waals surface area (Å²) < 4.78 is 2.13. The molecule has 7 heteroatoms. The van der Waals surface area contributed by atoms with Gasteiger partial charge in [-0.15, -0.1) is 16.4 Å². The number of rotatable bonds is 5. The predicted octanol–water partition coefficient (Wildman–Crippen LogP) is 2.58. The van der Waals surface area contributed by atoms with Crippen molar-refractivity contribution in [3.8, 4) is 0 Å². The molecular weight excluding hydrogens is 320 g/mol. The van der Waals surface area contributed by atoms with E-state index in [9.17, 15) is 0 Å². The molecule has 2 aromatic rings. The second-order valence-corrected chi connectivity index (χ2v) is 7.79. The molecule has 2 aliphatic rings. The summed E-state index contributed by atoms with van der Waals surface area (Å²) in [5.74, 6) is 1.04. The molecule has 3 heterocycles. The fraction of sp³-hybridized carbons (Fsp3) is 0.706. The average molecular weight is 347 g/mol. The Bertz CT molecular complexity index is 625. The van der Waals surface area contributed by atoms with Crippen LogP contribution in [0.3, 0.4) is 0 Å². The van der Waals surface area contributed by atoms with Crippen molar-refractivity contribution in [2.24, 2.45) is 0 Å². The molecule has 0 N–H and O–H groups in total. The Balaban J connectivity index is 1.63. The van der Waals surface area contributed by atoms with Crippen LogP contribution in [0.4, 0.5) is 0 Å². The fourth-order valence-electron chi connectivity index (χ4n) is 4.04. The number of nitrogens with zero attached hydrogens (tertiary/aromatic N) is 6. The maximum Gasteiger partial charge on any atom is 0.174 e. The lowest BCUT2D eigenvalue weighted by molar-refractivity contribution is 0.109. The Hall–Kier alpha value is -1.31. The maximum atomic E-state index is 4.48. The normalized spacial score (nSPS) is 22.2. The van der Waals surface area contributed by atoms with Gasteiger partial charge in [0, 0.05) is 31.1 Å². The fourth-order valence-corrected chi connectivity index (χ4v) is 4.90. The van der Waals surface area contributed by atoms with E-state index in [-0.39, 0.29) is 6.04 Å². The van der Waals surface area contributed by atoms with E-state index < -0.39 is 0 Å². The van der Waals surface area contributed by atoms with E-state index in [1.54, 1.807) is 0 Å². The zero-order valence-corrected chi connectivity index (χ0v) is 15.2. The lowest BCUT2D eigenvalue weighted by atomic mass is 10.1. The summed E-state index contributed by atoms with van der Waals surface area (Å²) in [6, 6.07) is 5.04. The van der Waals surface area contributed by atoms with E-state index in [1.165, 1.54) is 30.6 Å². The molecule has 1 saturated carbocycles. The molecule has 130 valence electrons. The zero-order valence-electron chi connectivity index (χ0n) is 14.3. The minimum Gasteiger partial charge on any atom is -0.301 e. The molecule has 0 spiro atoms. The first-order valence-corrected chi connectivity index (χ1v) is 10.0. The molecule has 1 aliphatic heterocycles. The molecule has 2 fully saturated rings. The SMILES string of the molecule is CCN1CCN(C(c2cccs2)c2nnnn2C2CCCC2)CC1. The van der Waals surface area contributed by atoms with E-state index in [2.05, 4.69) is 54.4 Å². The smallest absolute Gasteiger partial charge is 0.174 e. The number of hydrogen-bond acceptors (Lipinski definition) is 6. The van der Waals surface area contributed by atoms with Crippen molar-refractivity contribution in [2.75, 3.05) is 32.7 Å². The van der Waals surface area contributed by atoms with Crippen LogP contribution in [0.1, 0.15) is 55.4 Å². The molecule has 1 atom stereocenters. The van der Waals surface area contributed by atoms with Gasteiger partial charge in [0.1, 0.15) is 6.04 Å². The first kappa shape index (κ1) is 16.2. The summed E-state index contributed by atoms with van der Waals surface area (Å²) >= 11 is 1.82. The van der Waals surface area contributed by atoms with Crippen molar-refractivity contribution < 1.29 is 0 Å². The van der Waals surface area contributed by atoms with E-state index in [0.29, 0.717) is 6.04 Å². The number of thiophene rings is 1. The van der Waals surface area contributed by atoms with Crippen LogP contribution in [0.2, 0.25) is 0 Å². The van der Waals surface area contributed by atoms with Gasteiger partial charge < -0.3 is 4.90 Å². The van der Waals surface area contributed by atoms with Gasteiger partial charge in [0.15, 0.2) is 5.82 Å². The molecular formula is C17H26N6S. The van der Waals surface area contributed by atoms with Gasteiger partial charge in [0.25, 0.3) is 0 Å². The Kier molecular flexibility index (Phi) is 4.91. The quantitative estimate of drug-likeness (QED) is 0.833. The Labute approximate surface area is 147 Å². The minimum atomic E-state index is 0.194. The molecule has 0 amide bonds. The van der Waals surface area contributed by atoms with Gasteiger partial charge in [-0.1, -0.05) is 25.8 Å². The molecule has 1 aliphatic carbocycles. The Morgan fingerprint density at radius 2 is 2.00 bits per heavy atom. The van der Waals surface area contributed by atoms with Crippen molar-refractivity contribution in [1.29, 1.82) is 0 Å². The first-order valence-electron chi connectivity index (χ1n) is 9.14. The van der Waals surface area contributed by atoms with Crippen LogP contribution >= 0.6 is 11.3 Å². The summed E-state index contributed by atoms with van der Waals surface area (Å²) in [6.45, 7) is 7.79. The highest BCUT2D eigenvalue weighted by molar-refractivity contribution is 7.10. The van der Waals surface area contributed by atoms with Crippen LogP contribution < -0.4 is 0 Å². The lowest BCUT2D eigenvalue weighted by Gasteiger charge is -2.38. The van der Waals surface area contributed by atoms with Crippen LogP contribution in [0, 0.1) is 0 Å². The van der Waals surface area contributed by atoms with Crippen LogP contribution in [0.15, 0.2) is 17.5 Å². The lowest BCUT2D eigenvalue weighted by Crippen LogP contribution is -2.48. The third kappa shape index (κ3) is 3.12. The van der Waals surface area contributed by atoms with Gasteiger partial charge in [-0.25, -0.2) is 4.68 Å². The van der Waals surface area contributed by atoms with Gasteiger partial charge in [-0.3, -0.25) is 4.90 Å². The Morgan fingerprint density at radius 1 is 1.21 bits per heavy atom. The molecule has 6 nitrogen and oxygen atoms in total. The molecule has 24 heavy (non-hydrogen) atoms. The highest BCUT2D eigenvalue weighted by Crippen LogP contribution is 2.35. The second kappa shape index (κ2) is 7.29. The van der Waals surface area contributed by atoms with Gasteiger partial charge in [-0.2, -0.15) is 0 Å². The standard InChI is InChI=1S/C17H26N6S/c1-2-21-9-11-22(12-10-21)16(15-8-5-13-24-15)17-18-19-20-23(17)14-6-3-4-7-14/h5,8,13-14,16H,2-4,6-7,9-12H2,1H3. The van der Waals surface area contributed by atoms with Crippen molar-refractivity contribution in [3.63, 3.8) is 0 Å². The van der Waals surface area contributed by atoms with Crippen molar-refractivity contribution in [3.05, 3.63) is 28.2 Å². The van der Waals surface area contributed by atoms with Crippen LogP contribution in [0.5, 0.6) is 0 Å². The molecule has 1 unspecified atom stereocenters. The first-order chi connectivity index (χ1) is 11.9. The third-order valence-electron chi connectivity index (χ3n) is 5.47. The van der Waals surface area contributed by atoms with E-state index in [1.807, 2.05) is 11.3 Å². The van der Waals surface area contributed by atoms with E-state index in [0.717, 1.165) is 38.5 Å².